The number of rotatable bonds is 10. The lowest BCUT2D eigenvalue weighted by atomic mass is 9.93. The van der Waals surface area contributed by atoms with E-state index in [2.05, 4.69) is 21.9 Å². The average molecular weight is 479 g/mol. The number of phenolic OH excluding ortho intramolecular Hbond substituents is 2. The van der Waals surface area contributed by atoms with Gasteiger partial charge < -0.3 is 24.8 Å². The Labute approximate surface area is 204 Å². The third kappa shape index (κ3) is 5.62. The number of benzene rings is 2. The first-order chi connectivity index (χ1) is 16.8. The van der Waals surface area contributed by atoms with Gasteiger partial charge in [0.15, 0.2) is 11.5 Å². The van der Waals surface area contributed by atoms with Crippen molar-refractivity contribution in [1.29, 1.82) is 5.26 Å². The van der Waals surface area contributed by atoms with Gasteiger partial charge in [-0.25, -0.2) is 0 Å². The first-order valence-electron chi connectivity index (χ1n) is 11.4. The van der Waals surface area contributed by atoms with E-state index in [1.165, 1.54) is 6.07 Å². The lowest BCUT2D eigenvalue weighted by Crippen LogP contribution is -2.24. The summed E-state index contributed by atoms with van der Waals surface area (Å²) in [4.78, 5) is 12.8. The first kappa shape index (κ1) is 25.7. The van der Waals surface area contributed by atoms with E-state index < -0.39 is 11.9 Å². The van der Waals surface area contributed by atoms with Crippen LogP contribution in [0, 0.1) is 11.3 Å². The number of aromatic nitrogens is 1. The third-order valence-corrected chi connectivity index (χ3v) is 5.57. The monoisotopic (exact) mass is 478 g/mol. The fourth-order valence-corrected chi connectivity index (χ4v) is 3.76. The summed E-state index contributed by atoms with van der Waals surface area (Å²) < 4.78 is 10.6. The molecular weight excluding hydrogens is 448 g/mol. The van der Waals surface area contributed by atoms with E-state index in [1.54, 1.807) is 44.4 Å². The Morgan fingerprint density at radius 3 is 2.51 bits per heavy atom. The molecule has 1 amide bonds. The number of amides is 1. The number of ether oxygens (including phenoxy) is 1. The highest BCUT2D eigenvalue weighted by Crippen LogP contribution is 2.43. The lowest BCUT2D eigenvalue weighted by Gasteiger charge is -2.14. The summed E-state index contributed by atoms with van der Waals surface area (Å²) in [5.41, 5.74) is 2.78. The van der Waals surface area contributed by atoms with Crippen LogP contribution in [0.1, 0.15) is 54.3 Å². The molecule has 0 saturated carbocycles. The predicted molar refractivity (Wildman–Crippen MR) is 131 cm³/mol. The number of carbonyl (C=O) groups excluding carboxylic acids is 1. The third-order valence-electron chi connectivity index (χ3n) is 5.57. The topological polar surface area (TPSA) is 141 Å². The molecule has 4 N–H and O–H groups in total. The Bertz CT molecular complexity index is 1210. The number of nitrogens with one attached hydrogen (secondary N) is 2. The summed E-state index contributed by atoms with van der Waals surface area (Å²) in [7, 11) is 1.59. The molecule has 1 heterocycles. The minimum absolute atomic E-state index is 0.0172. The highest BCUT2D eigenvalue weighted by atomic mass is 16.5. The number of nitrogens with zero attached hydrogens (tertiary/aromatic N) is 2. The van der Waals surface area contributed by atoms with Gasteiger partial charge in [-0.1, -0.05) is 43.3 Å². The Morgan fingerprint density at radius 1 is 1.20 bits per heavy atom. The number of nitriles is 1. The zero-order chi connectivity index (χ0) is 25.5. The van der Waals surface area contributed by atoms with Crippen LogP contribution in [0.4, 0.5) is 0 Å². The Kier molecular flexibility index (Phi) is 8.47. The number of carbonyl (C=O) groups is 1. The fraction of sp³-hybridized carbons (Fsp3) is 0.346. The summed E-state index contributed by atoms with van der Waals surface area (Å²) in [6.07, 6.45) is 0. The number of methoxy groups -OCH3 is 1. The molecule has 184 valence electrons. The van der Waals surface area contributed by atoms with Gasteiger partial charge in [-0.3, -0.25) is 10.1 Å². The minimum Gasteiger partial charge on any atom is -0.508 e. The second-order valence-electron chi connectivity index (χ2n) is 8.31. The molecule has 35 heavy (non-hydrogen) atoms. The maximum absolute atomic E-state index is 12.8. The average Bonchev–Trinajstić information content (AvgIpc) is 3.27. The van der Waals surface area contributed by atoms with Gasteiger partial charge in [0.25, 0.3) is 5.91 Å². The molecule has 0 aliphatic carbocycles. The number of hydrogen-bond donors (Lipinski definition) is 4. The largest absolute Gasteiger partial charge is 0.508 e. The smallest absolute Gasteiger partial charge is 0.274 e. The summed E-state index contributed by atoms with van der Waals surface area (Å²) in [6, 6.07) is 11.7. The standard InChI is InChI=1S/C26H30N4O5/c1-5-28-26(33)24-23(17-8-6-16(7-9-17)20(14-27)29-10-11-34-4)25(35-30-24)19-12-18(15(2)3)21(31)13-22(19)32/h6-9,12-13,15,20,29,31-32H,5,10-11H2,1-4H3,(H,28,33). The summed E-state index contributed by atoms with van der Waals surface area (Å²) >= 11 is 0. The molecule has 0 fully saturated rings. The van der Waals surface area contributed by atoms with Gasteiger partial charge in [-0.2, -0.15) is 5.26 Å². The van der Waals surface area contributed by atoms with E-state index >= 15 is 0 Å². The molecule has 0 spiro atoms. The van der Waals surface area contributed by atoms with E-state index in [1.807, 2.05) is 13.8 Å². The maximum Gasteiger partial charge on any atom is 0.274 e. The highest BCUT2D eigenvalue weighted by molar-refractivity contribution is 6.02. The zero-order valence-corrected chi connectivity index (χ0v) is 20.3. The molecule has 0 saturated heterocycles. The molecule has 3 aromatic rings. The summed E-state index contributed by atoms with van der Waals surface area (Å²) in [5.74, 6) is -0.459. The van der Waals surface area contributed by atoms with Crippen LogP contribution in [0.2, 0.25) is 0 Å². The molecule has 9 heteroatoms. The van der Waals surface area contributed by atoms with Crippen LogP contribution >= 0.6 is 0 Å². The second kappa shape index (κ2) is 11.5. The molecular formula is C26H30N4O5. The van der Waals surface area contributed by atoms with E-state index in [0.717, 1.165) is 5.56 Å². The predicted octanol–water partition coefficient (Wildman–Crippen LogP) is 4.09. The first-order valence-corrected chi connectivity index (χ1v) is 11.4. The Balaban J connectivity index is 2.11. The van der Waals surface area contributed by atoms with Crippen LogP contribution < -0.4 is 10.6 Å². The van der Waals surface area contributed by atoms with Crippen molar-refractivity contribution in [2.45, 2.75) is 32.7 Å². The van der Waals surface area contributed by atoms with Crippen LogP contribution in [0.3, 0.4) is 0 Å². The molecule has 2 aromatic carbocycles. The van der Waals surface area contributed by atoms with Crippen molar-refractivity contribution in [3.8, 4) is 40.0 Å². The minimum atomic E-state index is -0.529. The van der Waals surface area contributed by atoms with Crippen LogP contribution in [-0.2, 0) is 4.74 Å². The van der Waals surface area contributed by atoms with Crippen molar-refractivity contribution in [3.05, 3.63) is 53.2 Å². The van der Waals surface area contributed by atoms with Gasteiger partial charge in [-0.15, -0.1) is 0 Å². The molecule has 3 rings (SSSR count). The molecule has 1 atom stereocenters. The molecule has 0 radical (unpaired) electrons. The maximum atomic E-state index is 12.8. The molecule has 0 bridgehead atoms. The van der Waals surface area contributed by atoms with Crippen LogP contribution in [-0.4, -0.2) is 48.1 Å². The Morgan fingerprint density at radius 2 is 1.91 bits per heavy atom. The van der Waals surface area contributed by atoms with Gasteiger partial charge in [0, 0.05) is 26.3 Å². The van der Waals surface area contributed by atoms with Crippen molar-refractivity contribution in [3.63, 3.8) is 0 Å². The Hall–Kier alpha value is -3.87. The quantitative estimate of drug-likeness (QED) is 0.319. The van der Waals surface area contributed by atoms with Gasteiger partial charge >= 0.3 is 0 Å². The second-order valence-corrected chi connectivity index (χ2v) is 8.31. The van der Waals surface area contributed by atoms with E-state index in [4.69, 9.17) is 9.26 Å². The molecule has 1 aromatic heterocycles. The van der Waals surface area contributed by atoms with Crippen molar-refractivity contribution in [2.75, 3.05) is 26.8 Å². The van der Waals surface area contributed by atoms with Crippen LogP contribution in [0.25, 0.3) is 22.5 Å². The summed E-state index contributed by atoms with van der Waals surface area (Å²) in [6.45, 7) is 7.03. The number of hydrogen-bond acceptors (Lipinski definition) is 8. The van der Waals surface area contributed by atoms with Gasteiger partial charge in [0.1, 0.15) is 17.5 Å². The molecule has 1 unspecified atom stereocenters. The SMILES string of the molecule is CCNC(=O)c1noc(-c2cc(C(C)C)c(O)cc2O)c1-c1ccc(C(C#N)NCCOC)cc1. The number of aromatic hydroxyl groups is 2. The normalized spacial score (nSPS) is 11.9. The lowest BCUT2D eigenvalue weighted by molar-refractivity contribution is 0.0947. The van der Waals surface area contributed by atoms with E-state index in [0.29, 0.717) is 42.0 Å². The zero-order valence-electron chi connectivity index (χ0n) is 20.3. The molecule has 9 nitrogen and oxygen atoms in total. The summed E-state index contributed by atoms with van der Waals surface area (Å²) in [5, 5.41) is 40.3. The molecule has 0 aliphatic heterocycles. The van der Waals surface area contributed by atoms with Crippen LogP contribution in [0.15, 0.2) is 40.9 Å². The number of phenols is 2. The highest BCUT2D eigenvalue weighted by Gasteiger charge is 2.27. The van der Waals surface area contributed by atoms with Gasteiger partial charge in [0.2, 0.25) is 0 Å². The van der Waals surface area contributed by atoms with Gasteiger partial charge in [-0.05, 0) is 35.6 Å². The van der Waals surface area contributed by atoms with Crippen molar-refractivity contribution < 1.29 is 24.3 Å². The van der Waals surface area contributed by atoms with E-state index in [9.17, 15) is 20.3 Å². The van der Waals surface area contributed by atoms with Crippen molar-refractivity contribution in [1.82, 2.24) is 15.8 Å². The van der Waals surface area contributed by atoms with Gasteiger partial charge in [0.05, 0.1) is 23.8 Å². The fourth-order valence-electron chi connectivity index (χ4n) is 3.76. The van der Waals surface area contributed by atoms with Crippen molar-refractivity contribution in [2.24, 2.45) is 0 Å². The van der Waals surface area contributed by atoms with Crippen LogP contribution in [0.5, 0.6) is 11.5 Å². The molecule has 0 aliphatic rings. The van der Waals surface area contributed by atoms with Crippen molar-refractivity contribution >= 4 is 5.91 Å². The van der Waals surface area contributed by atoms with E-state index in [-0.39, 0.29) is 28.9 Å².